The largest absolute Gasteiger partial charge is 0.383 e. The minimum atomic E-state index is -0.0760. The van der Waals surface area contributed by atoms with Crippen LogP contribution in [0.1, 0.15) is 57.7 Å². The van der Waals surface area contributed by atoms with Gasteiger partial charge in [-0.2, -0.15) is 0 Å². The molecule has 2 N–H and O–H groups in total. The molecule has 1 aromatic rings. The molecule has 0 fully saturated rings. The van der Waals surface area contributed by atoms with E-state index in [0.29, 0.717) is 24.2 Å². The summed E-state index contributed by atoms with van der Waals surface area (Å²) in [5.74, 6) is 1.46. The second-order valence-electron chi connectivity index (χ2n) is 4.17. The van der Waals surface area contributed by atoms with E-state index in [-0.39, 0.29) is 6.10 Å². The summed E-state index contributed by atoms with van der Waals surface area (Å²) in [6.07, 6.45) is 0.764. The average Bonchev–Trinajstić information content (AvgIpc) is 2.29. The first kappa shape index (κ1) is 14.4. The van der Waals surface area contributed by atoms with Crippen molar-refractivity contribution in [3.63, 3.8) is 0 Å². The van der Waals surface area contributed by atoms with Gasteiger partial charge in [-0.3, -0.25) is 0 Å². The number of anilines is 1. The van der Waals surface area contributed by atoms with E-state index in [4.69, 9.17) is 10.5 Å². The molecule has 0 bridgehead atoms. The fourth-order valence-corrected chi connectivity index (χ4v) is 2.24. The highest BCUT2D eigenvalue weighted by atomic mass is 79.9. The van der Waals surface area contributed by atoms with Crippen molar-refractivity contribution in [2.75, 3.05) is 12.3 Å². The second-order valence-corrected chi connectivity index (χ2v) is 4.97. The maximum absolute atomic E-state index is 5.89. The summed E-state index contributed by atoms with van der Waals surface area (Å²) in [7, 11) is 0. The number of nitrogens with two attached hydrogens (primary N) is 1. The van der Waals surface area contributed by atoms with Crippen LogP contribution in [-0.2, 0) is 4.74 Å². The Labute approximate surface area is 111 Å². The van der Waals surface area contributed by atoms with Gasteiger partial charge in [-0.15, -0.1) is 0 Å². The second kappa shape index (κ2) is 6.31. The molecule has 1 aromatic heterocycles. The van der Waals surface area contributed by atoms with Crippen LogP contribution < -0.4 is 5.73 Å². The quantitative estimate of drug-likeness (QED) is 0.905. The van der Waals surface area contributed by atoms with E-state index in [9.17, 15) is 0 Å². The lowest BCUT2D eigenvalue weighted by molar-refractivity contribution is 0.0533. The van der Waals surface area contributed by atoms with Crippen molar-refractivity contribution in [2.24, 2.45) is 0 Å². The Morgan fingerprint density at radius 1 is 1.29 bits per heavy atom. The maximum Gasteiger partial charge on any atom is 0.159 e. The molecule has 1 atom stereocenters. The molecule has 1 unspecified atom stereocenters. The molecule has 0 aromatic carbocycles. The van der Waals surface area contributed by atoms with Crippen molar-refractivity contribution < 1.29 is 4.74 Å². The lowest BCUT2D eigenvalue weighted by atomic mass is 10.1. The van der Waals surface area contributed by atoms with Crippen molar-refractivity contribution in [2.45, 2.75) is 46.1 Å². The van der Waals surface area contributed by atoms with Crippen LogP contribution in [0.15, 0.2) is 4.47 Å². The molecule has 17 heavy (non-hydrogen) atoms. The number of ether oxygens (including phenoxy) is 1. The Hall–Kier alpha value is -0.680. The monoisotopic (exact) mass is 301 g/mol. The molecule has 0 amide bonds. The molecule has 0 aliphatic heterocycles. The molecule has 0 aliphatic rings. The summed E-state index contributed by atoms with van der Waals surface area (Å²) in [5.41, 5.74) is 6.83. The van der Waals surface area contributed by atoms with Crippen LogP contribution in [0.5, 0.6) is 0 Å². The standard InChI is InChI=1S/C12H20BrN3O/c1-5-8(17-6-2)12-15-10(7(3)4)9(13)11(14)16-12/h7-8H,5-6H2,1-4H3,(H2,14,15,16). The van der Waals surface area contributed by atoms with Gasteiger partial charge < -0.3 is 10.5 Å². The minimum Gasteiger partial charge on any atom is -0.383 e. The zero-order valence-corrected chi connectivity index (χ0v) is 12.4. The van der Waals surface area contributed by atoms with Crippen LogP contribution in [0, 0.1) is 0 Å². The molecule has 1 heterocycles. The number of hydrogen-bond acceptors (Lipinski definition) is 4. The van der Waals surface area contributed by atoms with Gasteiger partial charge in [0.2, 0.25) is 0 Å². The van der Waals surface area contributed by atoms with Gasteiger partial charge in [-0.25, -0.2) is 9.97 Å². The number of hydrogen-bond donors (Lipinski definition) is 1. The molecular formula is C12H20BrN3O. The van der Waals surface area contributed by atoms with E-state index < -0.39 is 0 Å². The van der Waals surface area contributed by atoms with Gasteiger partial charge in [0.05, 0.1) is 10.2 Å². The van der Waals surface area contributed by atoms with Crippen LogP contribution in [0.3, 0.4) is 0 Å². The van der Waals surface area contributed by atoms with Gasteiger partial charge in [-0.05, 0) is 35.2 Å². The number of nitrogen functional groups attached to an aromatic ring is 1. The molecule has 4 nitrogen and oxygen atoms in total. The normalized spacial score (nSPS) is 13.1. The van der Waals surface area contributed by atoms with E-state index >= 15 is 0 Å². The first-order valence-electron chi connectivity index (χ1n) is 5.95. The zero-order valence-electron chi connectivity index (χ0n) is 10.8. The maximum atomic E-state index is 5.89. The van der Waals surface area contributed by atoms with Crippen LogP contribution in [0.25, 0.3) is 0 Å². The predicted molar refractivity (Wildman–Crippen MR) is 72.9 cm³/mol. The first-order valence-corrected chi connectivity index (χ1v) is 6.74. The SMILES string of the molecule is CCOC(CC)c1nc(N)c(Br)c(C(C)C)n1. The summed E-state index contributed by atoms with van der Waals surface area (Å²) < 4.78 is 6.41. The Morgan fingerprint density at radius 2 is 1.94 bits per heavy atom. The Kier molecular flexibility index (Phi) is 5.33. The van der Waals surface area contributed by atoms with Crippen molar-refractivity contribution in [1.82, 2.24) is 9.97 Å². The fourth-order valence-electron chi connectivity index (χ4n) is 1.60. The number of halogens is 1. The van der Waals surface area contributed by atoms with E-state index in [1.807, 2.05) is 6.92 Å². The smallest absolute Gasteiger partial charge is 0.159 e. The van der Waals surface area contributed by atoms with Gasteiger partial charge in [0, 0.05) is 6.61 Å². The Balaban J connectivity index is 3.17. The predicted octanol–water partition coefficient (Wildman–Crippen LogP) is 3.43. The third-order valence-electron chi connectivity index (χ3n) is 2.49. The minimum absolute atomic E-state index is 0.0760. The Bertz CT molecular complexity index is 382. The molecule has 0 radical (unpaired) electrons. The van der Waals surface area contributed by atoms with E-state index in [1.165, 1.54) is 0 Å². The highest BCUT2D eigenvalue weighted by molar-refractivity contribution is 9.10. The summed E-state index contributed by atoms with van der Waals surface area (Å²) in [5, 5.41) is 0. The fraction of sp³-hybridized carbons (Fsp3) is 0.667. The van der Waals surface area contributed by atoms with E-state index in [0.717, 1.165) is 16.6 Å². The summed E-state index contributed by atoms with van der Waals surface area (Å²) in [6, 6.07) is 0. The molecule has 0 spiro atoms. The summed E-state index contributed by atoms with van der Waals surface area (Å²) in [6.45, 7) is 8.83. The van der Waals surface area contributed by atoms with Crippen LogP contribution in [0.4, 0.5) is 5.82 Å². The molecule has 5 heteroatoms. The Morgan fingerprint density at radius 3 is 2.41 bits per heavy atom. The zero-order chi connectivity index (χ0) is 13.0. The van der Waals surface area contributed by atoms with Gasteiger partial charge in [0.25, 0.3) is 0 Å². The lowest BCUT2D eigenvalue weighted by Gasteiger charge is -2.17. The number of rotatable bonds is 5. The van der Waals surface area contributed by atoms with Gasteiger partial charge in [0.1, 0.15) is 11.9 Å². The number of nitrogens with zero attached hydrogens (tertiary/aromatic N) is 2. The van der Waals surface area contributed by atoms with Crippen LogP contribution in [0.2, 0.25) is 0 Å². The van der Waals surface area contributed by atoms with E-state index in [2.05, 4.69) is 46.7 Å². The summed E-state index contributed by atoms with van der Waals surface area (Å²) in [4.78, 5) is 8.86. The van der Waals surface area contributed by atoms with Gasteiger partial charge >= 0.3 is 0 Å². The molecule has 0 saturated carbocycles. The average molecular weight is 302 g/mol. The van der Waals surface area contributed by atoms with E-state index in [1.54, 1.807) is 0 Å². The molecule has 1 rings (SSSR count). The first-order chi connectivity index (χ1) is 8.01. The highest BCUT2D eigenvalue weighted by Crippen LogP contribution is 2.29. The van der Waals surface area contributed by atoms with Crippen LogP contribution in [-0.4, -0.2) is 16.6 Å². The highest BCUT2D eigenvalue weighted by Gasteiger charge is 2.18. The summed E-state index contributed by atoms with van der Waals surface area (Å²) >= 11 is 3.43. The van der Waals surface area contributed by atoms with Crippen molar-refractivity contribution in [1.29, 1.82) is 0 Å². The third-order valence-corrected chi connectivity index (χ3v) is 3.31. The number of aromatic nitrogens is 2. The van der Waals surface area contributed by atoms with Gasteiger partial charge in [0.15, 0.2) is 5.82 Å². The van der Waals surface area contributed by atoms with Crippen LogP contribution >= 0.6 is 15.9 Å². The molecular weight excluding hydrogens is 282 g/mol. The van der Waals surface area contributed by atoms with Gasteiger partial charge in [-0.1, -0.05) is 20.8 Å². The molecule has 0 saturated heterocycles. The van der Waals surface area contributed by atoms with Crippen molar-refractivity contribution >= 4 is 21.7 Å². The van der Waals surface area contributed by atoms with Crippen molar-refractivity contribution in [3.05, 3.63) is 16.0 Å². The lowest BCUT2D eigenvalue weighted by Crippen LogP contribution is -2.12. The molecule has 0 aliphatic carbocycles. The third kappa shape index (κ3) is 3.39. The topological polar surface area (TPSA) is 61.0 Å². The molecule has 96 valence electrons. The van der Waals surface area contributed by atoms with Crippen molar-refractivity contribution in [3.8, 4) is 0 Å².